The van der Waals surface area contributed by atoms with Crippen molar-refractivity contribution in [3.05, 3.63) is 60.2 Å². The van der Waals surface area contributed by atoms with Crippen LogP contribution in [-0.2, 0) is 4.79 Å². The van der Waals surface area contributed by atoms with Gasteiger partial charge in [0.05, 0.1) is 7.11 Å². The number of nitrogens with zero attached hydrogens (tertiary/aromatic N) is 2. The van der Waals surface area contributed by atoms with Crippen molar-refractivity contribution in [2.75, 3.05) is 25.5 Å². The fourth-order valence-corrected chi connectivity index (χ4v) is 4.26. The fourth-order valence-electron chi connectivity index (χ4n) is 4.26. The van der Waals surface area contributed by atoms with Gasteiger partial charge in [0, 0.05) is 24.3 Å². The summed E-state index contributed by atoms with van der Waals surface area (Å²) in [4.78, 5) is 27.2. The lowest BCUT2D eigenvalue weighted by Crippen LogP contribution is -2.49. The van der Waals surface area contributed by atoms with E-state index in [2.05, 4.69) is 10.6 Å². The summed E-state index contributed by atoms with van der Waals surface area (Å²) in [5, 5.41) is 16.0. The molecular formula is C26H32N4O3. The first-order chi connectivity index (χ1) is 16.1. The van der Waals surface area contributed by atoms with Crippen molar-refractivity contribution in [3.63, 3.8) is 0 Å². The minimum atomic E-state index is -0.813. The highest BCUT2D eigenvalue weighted by Gasteiger charge is 2.33. The zero-order valence-electron chi connectivity index (χ0n) is 19.1. The van der Waals surface area contributed by atoms with E-state index in [1.807, 2.05) is 36.5 Å². The first-order valence-electron chi connectivity index (χ1n) is 11.6. The molecule has 1 aliphatic carbocycles. The Labute approximate surface area is 195 Å². The molecule has 7 nitrogen and oxygen atoms in total. The van der Waals surface area contributed by atoms with E-state index in [0.29, 0.717) is 31.0 Å². The maximum atomic E-state index is 13.1. The third-order valence-electron chi connectivity index (χ3n) is 6.09. The van der Waals surface area contributed by atoms with Crippen LogP contribution in [0.5, 0.6) is 5.75 Å². The van der Waals surface area contributed by atoms with Gasteiger partial charge in [-0.25, -0.2) is 4.90 Å². The van der Waals surface area contributed by atoms with E-state index < -0.39 is 11.9 Å². The van der Waals surface area contributed by atoms with E-state index in [-0.39, 0.29) is 5.91 Å². The van der Waals surface area contributed by atoms with Crippen molar-refractivity contribution in [1.82, 2.24) is 10.2 Å². The molecule has 1 atom stereocenters. The summed E-state index contributed by atoms with van der Waals surface area (Å²) in [6.45, 7) is 0.901. The van der Waals surface area contributed by atoms with Crippen molar-refractivity contribution in [2.45, 2.75) is 44.6 Å². The molecule has 0 saturated heterocycles. The second-order valence-electron chi connectivity index (χ2n) is 8.34. The minimum absolute atomic E-state index is 0.289. The molecule has 0 heterocycles. The number of nitrogens with one attached hydrogen (secondary N) is 2. The van der Waals surface area contributed by atoms with E-state index in [0.717, 1.165) is 42.0 Å². The fraction of sp³-hybridized carbons (Fsp3) is 0.423. The topological polar surface area (TPSA) is 94.5 Å². The number of carbonyl (C=O) groups is 2. The highest BCUT2D eigenvalue weighted by atomic mass is 16.5. The lowest BCUT2D eigenvalue weighted by molar-refractivity contribution is -0.125. The van der Waals surface area contributed by atoms with E-state index >= 15 is 0 Å². The molecule has 1 fully saturated rings. The van der Waals surface area contributed by atoms with Crippen LogP contribution in [0.4, 0.5) is 5.69 Å². The van der Waals surface area contributed by atoms with Gasteiger partial charge in [-0.05, 0) is 48.7 Å². The minimum Gasteiger partial charge on any atom is -0.497 e. The number of methoxy groups -OCH3 is 1. The van der Waals surface area contributed by atoms with Gasteiger partial charge in [0.25, 0.3) is 5.91 Å². The molecule has 2 aromatic rings. The zero-order chi connectivity index (χ0) is 23.5. The number of anilines is 1. The van der Waals surface area contributed by atoms with Gasteiger partial charge in [-0.15, -0.1) is 0 Å². The van der Waals surface area contributed by atoms with Crippen LogP contribution in [0.1, 0.15) is 48.9 Å². The van der Waals surface area contributed by atoms with Gasteiger partial charge in [0.2, 0.25) is 5.91 Å². The summed E-state index contributed by atoms with van der Waals surface area (Å²) in [6.07, 6.45) is 8.02. The average molecular weight is 449 g/mol. The molecule has 7 heteroatoms. The van der Waals surface area contributed by atoms with Crippen molar-refractivity contribution >= 4 is 17.5 Å². The standard InChI is InChI=1S/C26H32N4O3/c1-33-23-14-12-22(13-15-23)28-16-17-29-25(31)24(18-20-8-4-2-5-9-20)30(19-27)26(32)21-10-6-3-7-11-21/h3,6-7,10-15,20,24,28H,2,4-5,8-9,16-18H2,1H3,(H,29,31)/t24-/m0/s1. The zero-order valence-corrected chi connectivity index (χ0v) is 19.1. The molecule has 0 aliphatic heterocycles. The predicted molar refractivity (Wildman–Crippen MR) is 128 cm³/mol. The summed E-state index contributed by atoms with van der Waals surface area (Å²) >= 11 is 0. The number of amides is 2. The third kappa shape index (κ3) is 6.98. The predicted octanol–water partition coefficient (Wildman–Crippen LogP) is 4.19. The van der Waals surface area contributed by atoms with Crippen molar-refractivity contribution < 1.29 is 14.3 Å². The smallest absolute Gasteiger partial charge is 0.267 e. The molecule has 33 heavy (non-hydrogen) atoms. The van der Waals surface area contributed by atoms with Gasteiger partial charge in [-0.1, -0.05) is 50.3 Å². The Morgan fingerprint density at radius 2 is 1.76 bits per heavy atom. The van der Waals surface area contributed by atoms with Crippen molar-refractivity contribution in [3.8, 4) is 11.9 Å². The Balaban J connectivity index is 1.63. The molecule has 174 valence electrons. The Morgan fingerprint density at radius 1 is 1.06 bits per heavy atom. The van der Waals surface area contributed by atoms with Crippen LogP contribution in [0, 0.1) is 17.4 Å². The number of hydrogen-bond donors (Lipinski definition) is 2. The highest BCUT2D eigenvalue weighted by molar-refractivity contribution is 5.98. The molecule has 0 aromatic heterocycles. The van der Waals surface area contributed by atoms with Crippen LogP contribution in [0.15, 0.2) is 54.6 Å². The van der Waals surface area contributed by atoms with E-state index in [4.69, 9.17) is 4.74 Å². The van der Waals surface area contributed by atoms with Gasteiger partial charge in [-0.2, -0.15) is 5.26 Å². The third-order valence-corrected chi connectivity index (χ3v) is 6.09. The molecule has 0 radical (unpaired) electrons. The maximum Gasteiger partial charge on any atom is 0.267 e. The van der Waals surface area contributed by atoms with Gasteiger partial charge in [0.1, 0.15) is 11.8 Å². The Kier molecular flexibility index (Phi) is 9.13. The second-order valence-corrected chi connectivity index (χ2v) is 8.34. The average Bonchev–Trinajstić information content (AvgIpc) is 2.87. The first kappa shape index (κ1) is 24.1. The van der Waals surface area contributed by atoms with Gasteiger partial charge in [0.15, 0.2) is 6.19 Å². The molecule has 1 saturated carbocycles. The van der Waals surface area contributed by atoms with Crippen LogP contribution in [0.2, 0.25) is 0 Å². The largest absolute Gasteiger partial charge is 0.497 e. The summed E-state index contributed by atoms with van der Waals surface area (Å²) in [5.74, 6) is 0.388. The summed E-state index contributed by atoms with van der Waals surface area (Å²) < 4.78 is 5.16. The molecule has 2 amide bonds. The first-order valence-corrected chi connectivity index (χ1v) is 11.6. The number of nitriles is 1. The number of ether oxygens (including phenoxy) is 1. The van der Waals surface area contributed by atoms with Crippen molar-refractivity contribution in [2.24, 2.45) is 5.92 Å². The Hall–Kier alpha value is -3.53. The van der Waals surface area contributed by atoms with Crippen LogP contribution >= 0.6 is 0 Å². The Morgan fingerprint density at radius 3 is 2.39 bits per heavy atom. The molecule has 0 unspecified atom stereocenters. The molecule has 1 aliphatic rings. The van der Waals surface area contributed by atoms with Crippen molar-refractivity contribution in [1.29, 1.82) is 5.26 Å². The van der Waals surface area contributed by atoms with Crippen LogP contribution in [0.25, 0.3) is 0 Å². The number of carbonyl (C=O) groups excluding carboxylic acids is 2. The number of benzene rings is 2. The SMILES string of the molecule is COc1ccc(NCCNC(=O)[C@H](CC2CCCCC2)N(C#N)C(=O)c2ccccc2)cc1. The second kappa shape index (κ2) is 12.5. The molecule has 2 aromatic carbocycles. The number of rotatable bonds is 10. The molecule has 3 rings (SSSR count). The normalized spacial score (nSPS) is 14.5. The molecule has 0 spiro atoms. The maximum absolute atomic E-state index is 13.1. The lowest BCUT2D eigenvalue weighted by Gasteiger charge is -2.30. The van der Waals surface area contributed by atoms with Gasteiger partial charge < -0.3 is 15.4 Å². The molecular weight excluding hydrogens is 416 g/mol. The van der Waals surface area contributed by atoms with Crippen LogP contribution in [0.3, 0.4) is 0 Å². The monoisotopic (exact) mass is 448 g/mol. The van der Waals surface area contributed by atoms with E-state index in [9.17, 15) is 14.9 Å². The van der Waals surface area contributed by atoms with Crippen LogP contribution in [-0.4, -0.2) is 43.0 Å². The van der Waals surface area contributed by atoms with Gasteiger partial charge in [-0.3, -0.25) is 9.59 Å². The highest BCUT2D eigenvalue weighted by Crippen LogP contribution is 2.29. The summed E-state index contributed by atoms with van der Waals surface area (Å²) in [5.41, 5.74) is 1.32. The number of hydrogen-bond acceptors (Lipinski definition) is 5. The van der Waals surface area contributed by atoms with Crippen LogP contribution < -0.4 is 15.4 Å². The Bertz CT molecular complexity index is 934. The van der Waals surface area contributed by atoms with E-state index in [1.165, 1.54) is 6.42 Å². The lowest BCUT2D eigenvalue weighted by atomic mass is 9.84. The summed E-state index contributed by atoms with van der Waals surface area (Å²) in [6, 6.07) is 15.4. The van der Waals surface area contributed by atoms with Gasteiger partial charge >= 0.3 is 0 Å². The quantitative estimate of drug-likeness (QED) is 0.323. The summed E-state index contributed by atoms with van der Waals surface area (Å²) in [7, 11) is 1.62. The molecule has 0 bridgehead atoms. The van der Waals surface area contributed by atoms with E-state index in [1.54, 1.807) is 31.4 Å². The molecule has 2 N–H and O–H groups in total.